The van der Waals surface area contributed by atoms with Gasteiger partial charge in [0.05, 0.1) is 11.0 Å². The lowest BCUT2D eigenvalue weighted by Crippen LogP contribution is -2.15. The van der Waals surface area contributed by atoms with E-state index in [9.17, 15) is 0 Å². The van der Waals surface area contributed by atoms with Gasteiger partial charge in [-0.25, -0.2) is 9.97 Å². The Bertz CT molecular complexity index is 737. The fraction of sp³-hybridized carbons (Fsp3) is 0.231. The van der Waals surface area contributed by atoms with Crippen LogP contribution in [0.5, 0.6) is 11.5 Å². The van der Waals surface area contributed by atoms with Crippen molar-refractivity contribution in [1.82, 2.24) is 15.0 Å². The molecule has 1 aromatic carbocycles. The van der Waals surface area contributed by atoms with Crippen molar-refractivity contribution in [3.63, 3.8) is 0 Å². The van der Waals surface area contributed by atoms with E-state index in [1.807, 2.05) is 17.5 Å². The number of nitrogens with zero attached hydrogens (tertiary/aromatic N) is 2. The molecule has 1 aliphatic rings. The van der Waals surface area contributed by atoms with E-state index >= 15 is 0 Å². The maximum absolute atomic E-state index is 5.58. The molecule has 3 N–H and O–H groups in total. The van der Waals surface area contributed by atoms with Crippen LogP contribution in [0.3, 0.4) is 0 Å². The first-order chi connectivity index (χ1) is 9.83. The molecule has 6 nitrogen and oxygen atoms in total. The summed E-state index contributed by atoms with van der Waals surface area (Å²) in [5.41, 5.74) is 8.14. The molecule has 3 heterocycles. The second kappa shape index (κ2) is 4.46. The maximum Gasteiger partial charge on any atom is 0.163 e. The third kappa shape index (κ3) is 1.83. The van der Waals surface area contributed by atoms with Crippen LogP contribution < -0.4 is 15.2 Å². The van der Waals surface area contributed by atoms with Gasteiger partial charge >= 0.3 is 0 Å². The summed E-state index contributed by atoms with van der Waals surface area (Å²) in [6, 6.07) is 3.80. The molecule has 3 aromatic rings. The van der Waals surface area contributed by atoms with Gasteiger partial charge in [0.1, 0.15) is 23.9 Å². The average molecular weight is 288 g/mol. The Morgan fingerprint density at radius 3 is 2.75 bits per heavy atom. The van der Waals surface area contributed by atoms with Crippen molar-refractivity contribution in [2.75, 3.05) is 13.2 Å². The largest absolute Gasteiger partial charge is 0.486 e. The van der Waals surface area contributed by atoms with Crippen LogP contribution in [0.1, 0.15) is 5.01 Å². The van der Waals surface area contributed by atoms with Gasteiger partial charge in [0, 0.05) is 24.1 Å². The first-order valence-electron chi connectivity index (χ1n) is 6.28. The van der Waals surface area contributed by atoms with Crippen LogP contribution in [-0.4, -0.2) is 28.2 Å². The number of ether oxygens (including phenoxy) is 2. The molecule has 20 heavy (non-hydrogen) atoms. The highest BCUT2D eigenvalue weighted by Gasteiger charge is 2.16. The van der Waals surface area contributed by atoms with E-state index in [4.69, 9.17) is 15.2 Å². The summed E-state index contributed by atoms with van der Waals surface area (Å²) in [4.78, 5) is 12.2. The summed E-state index contributed by atoms with van der Waals surface area (Å²) in [6.07, 6.45) is 0. The lowest BCUT2D eigenvalue weighted by molar-refractivity contribution is 0.172. The highest BCUT2D eigenvalue weighted by Crippen LogP contribution is 2.34. The lowest BCUT2D eigenvalue weighted by Gasteiger charge is -2.17. The average Bonchev–Trinajstić information content (AvgIpc) is 3.10. The van der Waals surface area contributed by atoms with Gasteiger partial charge in [-0.1, -0.05) is 0 Å². The normalized spacial score (nSPS) is 13.8. The Balaban J connectivity index is 1.81. The zero-order chi connectivity index (χ0) is 13.5. The van der Waals surface area contributed by atoms with E-state index in [0.717, 1.165) is 39.1 Å². The molecule has 0 amide bonds. The summed E-state index contributed by atoms with van der Waals surface area (Å²) in [6.45, 7) is 1.59. The second-order valence-corrected chi connectivity index (χ2v) is 5.37. The molecule has 0 saturated carbocycles. The van der Waals surface area contributed by atoms with Crippen molar-refractivity contribution in [1.29, 1.82) is 0 Å². The van der Waals surface area contributed by atoms with Crippen LogP contribution in [0.25, 0.3) is 22.6 Å². The van der Waals surface area contributed by atoms with Crippen LogP contribution in [0, 0.1) is 0 Å². The summed E-state index contributed by atoms with van der Waals surface area (Å²) >= 11 is 1.53. The van der Waals surface area contributed by atoms with Crippen molar-refractivity contribution in [3.8, 4) is 23.0 Å². The first kappa shape index (κ1) is 11.7. The number of aromatic amines is 1. The lowest BCUT2D eigenvalue weighted by atomic mass is 10.2. The summed E-state index contributed by atoms with van der Waals surface area (Å²) in [5, 5.41) is 2.85. The smallest absolute Gasteiger partial charge is 0.163 e. The van der Waals surface area contributed by atoms with Gasteiger partial charge in [-0.05, 0) is 0 Å². The van der Waals surface area contributed by atoms with Crippen molar-refractivity contribution >= 4 is 22.4 Å². The van der Waals surface area contributed by atoms with Gasteiger partial charge in [-0.2, -0.15) is 0 Å². The van der Waals surface area contributed by atoms with Gasteiger partial charge in [-0.15, -0.1) is 11.3 Å². The quantitative estimate of drug-likeness (QED) is 0.752. The summed E-state index contributed by atoms with van der Waals surface area (Å²) < 4.78 is 11.1. The Morgan fingerprint density at radius 1 is 1.20 bits per heavy atom. The number of imidazole rings is 1. The van der Waals surface area contributed by atoms with Gasteiger partial charge < -0.3 is 20.2 Å². The number of hydrogen-bond acceptors (Lipinski definition) is 6. The molecule has 0 bridgehead atoms. The van der Waals surface area contributed by atoms with Crippen LogP contribution >= 0.6 is 11.3 Å². The standard InChI is InChI=1S/C13H12N4O2S/c14-5-12-15-9(6-20-12)13-16-7-3-10-11(4-8(7)17-13)19-2-1-18-10/h3-4,6H,1-2,5,14H2,(H,16,17). The SMILES string of the molecule is NCc1nc(-c2nc3cc4c(cc3[nH]2)OCCO4)cs1. The van der Waals surface area contributed by atoms with Gasteiger partial charge in [-0.3, -0.25) is 0 Å². The predicted octanol–water partition coefficient (Wildman–Crippen LogP) is 1.92. The number of aromatic nitrogens is 3. The van der Waals surface area contributed by atoms with Gasteiger partial charge in [0.25, 0.3) is 0 Å². The van der Waals surface area contributed by atoms with Crippen molar-refractivity contribution in [2.24, 2.45) is 5.73 Å². The number of nitrogens with two attached hydrogens (primary N) is 1. The van der Waals surface area contributed by atoms with E-state index in [1.54, 1.807) is 0 Å². The van der Waals surface area contributed by atoms with Crippen molar-refractivity contribution in [2.45, 2.75) is 6.54 Å². The van der Waals surface area contributed by atoms with Crippen LogP contribution in [0.2, 0.25) is 0 Å². The Kier molecular flexibility index (Phi) is 2.61. The van der Waals surface area contributed by atoms with Crippen LogP contribution in [0.4, 0.5) is 0 Å². The number of rotatable bonds is 2. The summed E-state index contributed by atoms with van der Waals surface area (Å²) in [7, 11) is 0. The molecular formula is C13H12N4O2S. The molecular weight excluding hydrogens is 276 g/mol. The van der Waals surface area contributed by atoms with Crippen LogP contribution in [0.15, 0.2) is 17.5 Å². The van der Waals surface area contributed by atoms with Crippen molar-refractivity contribution in [3.05, 3.63) is 22.5 Å². The molecule has 0 radical (unpaired) electrons. The minimum Gasteiger partial charge on any atom is -0.486 e. The van der Waals surface area contributed by atoms with Gasteiger partial charge in [0.2, 0.25) is 0 Å². The van der Waals surface area contributed by atoms with Crippen LogP contribution in [-0.2, 0) is 6.54 Å². The minimum atomic E-state index is 0.445. The highest BCUT2D eigenvalue weighted by molar-refractivity contribution is 7.09. The minimum absolute atomic E-state index is 0.445. The van der Waals surface area contributed by atoms with E-state index in [0.29, 0.717) is 19.8 Å². The number of hydrogen-bond donors (Lipinski definition) is 2. The number of H-pyrrole nitrogens is 1. The number of fused-ring (bicyclic) bond motifs is 2. The Morgan fingerprint density at radius 2 is 2.00 bits per heavy atom. The third-order valence-corrected chi connectivity index (χ3v) is 3.99. The molecule has 0 fully saturated rings. The molecule has 0 unspecified atom stereocenters. The predicted molar refractivity (Wildman–Crippen MR) is 76.1 cm³/mol. The highest BCUT2D eigenvalue weighted by atomic mass is 32.1. The molecule has 7 heteroatoms. The summed E-state index contributed by atoms with van der Waals surface area (Å²) in [5.74, 6) is 2.22. The first-order valence-corrected chi connectivity index (χ1v) is 7.15. The molecule has 102 valence electrons. The third-order valence-electron chi connectivity index (χ3n) is 3.11. The number of benzene rings is 1. The molecule has 0 spiro atoms. The zero-order valence-electron chi connectivity index (χ0n) is 10.5. The van der Waals surface area contributed by atoms with E-state index in [2.05, 4.69) is 15.0 Å². The van der Waals surface area contributed by atoms with E-state index in [1.165, 1.54) is 11.3 Å². The Hall–Kier alpha value is -2.12. The molecule has 4 rings (SSSR count). The topological polar surface area (TPSA) is 86.1 Å². The molecule has 0 saturated heterocycles. The molecule has 0 aliphatic carbocycles. The monoisotopic (exact) mass is 288 g/mol. The molecule has 0 atom stereocenters. The Labute approximate surface area is 118 Å². The second-order valence-electron chi connectivity index (χ2n) is 4.43. The fourth-order valence-electron chi connectivity index (χ4n) is 2.18. The molecule has 2 aromatic heterocycles. The van der Waals surface area contributed by atoms with E-state index in [-0.39, 0.29) is 0 Å². The van der Waals surface area contributed by atoms with E-state index < -0.39 is 0 Å². The van der Waals surface area contributed by atoms with Gasteiger partial charge in [0.15, 0.2) is 17.3 Å². The maximum atomic E-state index is 5.58. The molecule has 1 aliphatic heterocycles. The number of nitrogens with one attached hydrogen (secondary N) is 1. The fourth-order valence-corrected chi connectivity index (χ4v) is 2.84. The zero-order valence-corrected chi connectivity index (χ0v) is 11.4. The van der Waals surface area contributed by atoms with Crippen molar-refractivity contribution < 1.29 is 9.47 Å². The number of thiazole rings is 1.